The third-order valence-corrected chi connectivity index (χ3v) is 2.26. The first-order valence-corrected chi connectivity index (χ1v) is 5.57. The third-order valence-electron chi connectivity index (χ3n) is 2.26. The van der Waals surface area contributed by atoms with E-state index >= 15 is 0 Å². The number of carbonyl (C=O) groups is 2. The minimum absolute atomic E-state index is 0.0346. The zero-order chi connectivity index (χ0) is 12.8. The van der Waals surface area contributed by atoms with Gasteiger partial charge in [0.25, 0.3) is 0 Å². The second-order valence-corrected chi connectivity index (χ2v) is 3.59. The van der Waals surface area contributed by atoms with E-state index in [1.807, 2.05) is 25.1 Å². The Morgan fingerprint density at radius 1 is 1.35 bits per heavy atom. The summed E-state index contributed by atoms with van der Waals surface area (Å²) in [5, 5.41) is 0. The van der Waals surface area contributed by atoms with Crippen LogP contribution in [-0.2, 0) is 4.79 Å². The number of rotatable bonds is 4. The second-order valence-electron chi connectivity index (χ2n) is 3.59. The molecular formula is C14H16O3. The highest BCUT2D eigenvalue weighted by atomic mass is 16.5. The van der Waals surface area contributed by atoms with E-state index in [1.165, 1.54) is 6.92 Å². The number of para-hydroxylation sites is 1. The maximum absolute atomic E-state index is 11.8. The molecule has 0 saturated carbocycles. The summed E-state index contributed by atoms with van der Waals surface area (Å²) in [6.45, 7) is 4.97. The van der Waals surface area contributed by atoms with Crippen LogP contribution in [-0.4, -0.2) is 11.8 Å². The smallest absolute Gasteiger partial charge is 0.308 e. The SMILES string of the molecule is C/C=C\c1cccc(C(=O)CC)c1OC(C)=O. The number of carbonyl (C=O) groups excluding carboxylic acids is 2. The molecule has 0 heterocycles. The van der Waals surface area contributed by atoms with Crippen molar-refractivity contribution in [3.63, 3.8) is 0 Å². The molecule has 0 N–H and O–H groups in total. The normalized spacial score (nSPS) is 10.5. The van der Waals surface area contributed by atoms with Crippen LogP contribution in [0.1, 0.15) is 43.1 Å². The zero-order valence-corrected chi connectivity index (χ0v) is 10.3. The standard InChI is InChI=1S/C14H16O3/c1-4-7-11-8-6-9-12(13(16)5-2)14(11)17-10(3)15/h4,6-9H,5H2,1-3H3/b7-4-. The zero-order valence-electron chi connectivity index (χ0n) is 10.3. The molecule has 0 bridgehead atoms. The van der Waals surface area contributed by atoms with Gasteiger partial charge in [-0.2, -0.15) is 0 Å². The van der Waals surface area contributed by atoms with Crippen molar-refractivity contribution in [3.05, 3.63) is 35.4 Å². The van der Waals surface area contributed by atoms with E-state index in [1.54, 1.807) is 19.1 Å². The number of esters is 1. The second kappa shape index (κ2) is 5.99. The molecule has 0 atom stereocenters. The largest absolute Gasteiger partial charge is 0.425 e. The summed E-state index contributed by atoms with van der Waals surface area (Å²) in [4.78, 5) is 22.8. The van der Waals surface area contributed by atoms with Crippen molar-refractivity contribution in [1.82, 2.24) is 0 Å². The van der Waals surface area contributed by atoms with Crippen LogP contribution >= 0.6 is 0 Å². The molecule has 0 aliphatic carbocycles. The van der Waals surface area contributed by atoms with E-state index in [-0.39, 0.29) is 5.78 Å². The maximum Gasteiger partial charge on any atom is 0.308 e. The number of ether oxygens (including phenoxy) is 1. The quantitative estimate of drug-likeness (QED) is 0.454. The van der Waals surface area contributed by atoms with Crippen molar-refractivity contribution >= 4 is 17.8 Å². The summed E-state index contributed by atoms with van der Waals surface area (Å²) in [6.07, 6.45) is 4.03. The molecule has 1 rings (SSSR count). The van der Waals surface area contributed by atoms with Crippen LogP contribution in [0.3, 0.4) is 0 Å². The Labute approximate surface area is 101 Å². The molecule has 1 aromatic rings. The molecule has 0 aliphatic heterocycles. The molecule has 0 aliphatic rings. The maximum atomic E-state index is 11.8. The number of hydrogen-bond acceptors (Lipinski definition) is 3. The van der Waals surface area contributed by atoms with E-state index in [0.29, 0.717) is 17.7 Å². The van der Waals surface area contributed by atoms with Gasteiger partial charge in [0.15, 0.2) is 5.78 Å². The fraction of sp³-hybridized carbons (Fsp3) is 0.286. The summed E-state index contributed by atoms with van der Waals surface area (Å²) >= 11 is 0. The van der Waals surface area contributed by atoms with Crippen LogP contribution in [0, 0.1) is 0 Å². The van der Waals surface area contributed by atoms with Gasteiger partial charge in [-0.15, -0.1) is 0 Å². The van der Waals surface area contributed by atoms with Gasteiger partial charge in [-0.05, 0) is 13.0 Å². The highest BCUT2D eigenvalue weighted by Gasteiger charge is 2.15. The van der Waals surface area contributed by atoms with Gasteiger partial charge in [0.1, 0.15) is 5.75 Å². The van der Waals surface area contributed by atoms with Crippen LogP contribution in [0.2, 0.25) is 0 Å². The topological polar surface area (TPSA) is 43.4 Å². The summed E-state index contributed by atoms with van der Waals surface area (Å²) in [5.41, 5.74) is 1.19. The summed E-state index contributed by atoms with van der Waals surface area (Å²) in [5.74, 6) is -0.107. The van der Waals surface area contributed by atoms with E-state index < -0.39 is 5.97 Å². The highest BCUT2D eigenvalue weighted by Crippen LogP contribution is 2.26. The first-order chi connectivity index (χ1) is 8.10. The van der Waals surface area contributed by atoms with Gasteiger partial charge < -0.3 is 4.74 Å². The lowest BCUT2D eigenvalue weighted by molar-refractivity contribution is -0.131. The van der Waals surface area contributed by atoms with Gasteiger partial charge >= 0.3 is 5.97 Å². The molecular weight excluding hydrogens is 216 g/mol. The number of hydrogen-bond donors (Lipinski definition) is 0. The predicted molar refractivity (Wildman–Crippen MR) is 67.1 cm³/mol. The summed E-state index contributed by atoms with van der Waals surface area (Å²) in [6, 6.07) is 5.27. The first-order valence-electron chi connectivity index (χ1n) is 5.57. The number of ketones is 1. The summed E-state index contributed by atoms with van der Waals surface area (Å²) in [7, 11) is 0. The Hall–Kier alpha value is -1.90. The number of Topliss-reactive ketones (excluding diaryl/α,β-unsaturated/α-hetero) is 1. The lowest BCUT2D eigenvalue weighted by Gasteiger charge is -2.10. The molecule has 3 heteroatoms. The van der Waals surface area contributed by atoms with Gasteiger partial charge in [-0.1, -0.05) is 31.2 Å². The average Bonchev–Trinajstić information content (AvgIpc) is 2.30. The highest BCUT2D eigenvalue weighted by molar-refractivity contribution is 6.00. The predicted octanol–water partition coefficient (Wildman–Crippen LogP) is 3.24. The van der Waals surface area contributed by atoms with Gasteiger partial charge in [0, 0.05) is 18.9 Å². The van der Waals surface area contributed by atoms with Gasteiger partial charge in [-0.25, -0.2) is 0 Å². The molecule has 0 fully saturated rings. The molecule has 0 amide bonds. The van der Waals surface area contributed by atoms with Gasteiger partial charge in [-0.3, -0.25) is 9.59 Å². The number of benzene rings is 1. The van der Waals surface area contributed by atoms with Crippen molar-refractivity contribution in [1.29, 1.82) is 0 Å². The van der Waals surface area contributed by atoms with Crippen LogP contribution < -0.4 is 4.74 Å². The van der Waals surface area contributed by atoms with Crippen molar-refractivity contribution in [3.8, 4) is 5.75 Å². The van der Waals surface area contributed by atoms with E-state index in [0.717, 1.165) is 5.56 Å². The lowest BCUT2D eigenvalue weighted by atomic mass is 10.0. The minimum Gasteiger partial charge on any atom is -0.425 e. The average molecular weight is 232 g/mol. The van der Waals surface area contributed by atoms with Crippen molar-refractivity contribution in [2.24, 2.45) is 0 Å². The molecule has 0 saturated heterocycles. The van der Waals surface area contributed by atoms with Crippen molar-refractivity contribution in [2.75, 3.05) is 0 Å². The molecule has 0 radical (unpaired) electrons. The minimum atomic E-state index is -0.424. The Morgan fingerprint density at radius 3 is 2.59 bits per heavy atom. The molecule has 17 heavy (non-hydrogen) atoms. The fourth-order valence-electron chi connectivity index (χ4n) is 1.53. The van der Waals surface area contributed by atoms with Crippen molar-refractivity contribution < 1.29 is 14.3 Å². The Bertz CT molecular complexity index is 459. The van der Waals surface area contributed by atoms with Crippen LogP contribution in [0.5, 0.6) is 5.75 Å². The van der Waals surface area contributed by atoms with Crippen LogP contribution in [0.25, 0.3) is 6.08 Å². The third kappa shape index (κ3) is 3.28. The first kappa shape index (κ1) is 13.2. The molecule has 3 nitrogen and oxygen atoms in total. The van der Waals surface area contributed by atoms with Crippen molar-refractivity contribution in [2.45, 2.75) is 27.2 Å². The Balaban J connectivity index is 3.33. The van der Waals surface area contributed by atoms with E-state index in [4.69, 9.17) is 4.74 Å². The summed E-state index contributed by atoms with van der Waals surface area (Å²) < 4.78 is 5.14. The molecule has 0 unspecified atom stereocenters. The molecule has 1 aromatic carbocycles. The van der Waals surface area contributed by atoms with Gasteiger partial charge in [0.2, 0.25) is 0 Å². The van der Waals surface area contributed by atoms with E-state index in [2.05, 4.69) is 0 Å². The molecule has 0 aromatic heterocycles. The van der Waals surface area contributed by atoms with Crippen LogP contribution in [0.4, 0.5) is 0 Å². The fourth-order valence-corrected chi connectivity index (χ4v) is 1.53. The monoisotopic (exact) mass is 232 g/mol. The van der Waals surface area contributed by atoms with Crippen LogP contribution in [0.15, 0.2) is 24.3 Å². The molecule has 90 valence electrons. The Kier molecular flexibility index (Phi) is 4.64. The number of allylic oxidation sites excluding steroid dienone is 1. The van der Waals surface area contributed by atoms with E-state index in [9.17, 15) is 9.59 Å². The van der Waals surface area contributed by atoms with Gasteiger partial charge in [0.05, 0.1) is 5.56 Å². The Morgan fingerprint density at radius 2 is 2.06 bits per heavy atom. The molecule has 0 spiro atoms. The lowest BCUT2D eigenvalue weighted by Crippen LogP contribution is -2.08.